The zero-order valence-electron chi connectivity index (χ0n) is 30.3. The molecule has 8 rings (SSSR count). The highest BCUT2D eigenvalue weighted by Crippen LogP contribution is 2.52. The maximum atomic E-state index is 8.37. The number of hydrogen-bond donors (Lipinski definition) is 0. The van der Waals surface area contributed by atoms with Crippen LogP contribution in [0.2, 0.25) is 0 Å². The lowest BCUT2D eigenvalue weighted by atomic mass is 9.86. The predicted molar refractivity (Wildman–Crippen MR) is 186 cm³/mol. The summed E-state index contributed by atoms with van der Waals surface area (Å²) >= 11 is 0. The van der Waals surface area contributed by atoms with Gasteiger partial charge in [-0.3, -0.25) is 9.47 Å². The molecular weight excluding hydrogens is 552 g/mol. The molecule has 3 aliphatic rings. The van der Waals surface area contributed by atoms with Gasteiger partial charge in [0.15, 0.2) is 0 Å². The number of ether oxygens (including phenoxy) is 1. The summed E-state index contributed by atoms with van der Waals surface area (Å²) in [6.45, 7) is 11.6. The van der Waals surface area contributed by atoms with E-state index in [1.807, 2.05) is 6.20 Å². The van der Waals surface area contributed by atoms with Gasteiger partial charge >= 0.3 is 0 Å². The van der Waals surface area contributed by atoms with Crippen molar-refractivity contribution in [2.75, 3.05) is 18.5 Å². The molecule has 0 spiro atoms. The molecule has 2 bridgehead atoms. The van der Waals surface area contributed by atoms with E-state index in [9.17, 15) is 0 Å². The molecule has 3 fully saturated rings. The van der Waals surface area contributed by atoms with Gasteiger partial charge in [0.05, 0.1) is 17.7 Å². The van der Waals surface area contributed by atoms with Gasteiger partial charge in [0.25, 0.3) is 0 Å². The molecule has 5 nitrogen and oxygen atoms in total. The first kappa shape index (κ1) is 25.4. The molecule has 232 valence electrons. The fourth-order valence-corrected chi connectivity index (χ4v) is 8.36. The lowest BCUT2D eigenvalue weighted by Crippen LogP contribution is -2.41. The van der Waals surface area contributed by atoms with Crippen molar-refractivity contribution in [1.82, 2.24) is 14.5 Å². The monoisotopic (exact) mass is 601 g/mol. The van der Waals surface area contributed by atoms with Gasteiger partial charge in [0.2, 0.25) is 0 Å². The molecule has 3 aromatic carbocycles. The molecule has 2 unspecified atom stereocenters. The van der Waals surface area contributed by atoms with Gasteiger partial charge < -0.3 is 9.64 Å². The van der Waals surface area contributed by atoms with Crippen molar-refractivity contribution in [3.05, 3.63) is 90.1 Å². The minimum atomic E-state index is -2.11. The summed E-state index contributed by atoms with van der Waals surface area (Å²) in [5, 5.41) is 2.32. The zero-order valence-corrected chi connectivity index (χ0v) is 27.3. The normalized spacial score (nSPS) is 24.7. The minimum Gasteiger partial charge on any atom is -0.457 e. The molecule has 0 amide bonds. The first-order chi connectivity index (χ1) is 22.7. The number of benzene rings is 3. The fraction of sp³-hybridized carbons (Fsp3) is 0.425. The van der Waals surface area contributed by atoms with Crippen LogP contribution in [0.4, 0.5) is 5.69 Å². The van der Waals surface area contributed by atoms with Crippen molar-refractivity contribution in [2.45, 2.75) is 83.7 Å². The van der Waals surface area contributed by atoms with E-state index < -0.39 is 6.98 Å². The second-order valence-electron chi connectivity index (χ2n) is 15.6. The summed E-state index contributed by atoms with van der Waals surface area (Å²) in [6, 6.07) is 25.9. The van der Waals surface area contributed by atoms with Crippen LogP contribution in [0.1, 0.15) is 76.0 Å². The van der Waals surface area contributed by atoms with Crippen LogP contribution < -0.4 is 9.64 Å². The van der Waals surface area contributed by atoms with Crippen LogP contribution in [0.3, 0.4) is 0 Å². The van der Waals surface area contributed by atoms with Crippen LogP contribution in [-0.2, 0) is 10.8 Å². The fourth-order valence-electron chi connectivity index (χ4n) is 8.36. The molecule has 1 saturated heterocycles. The van der Waals surface area contributed by atoms with Crippen LogP contribution in [0.25, 0.3) is 27.6 Å². The predicted octanol–water partition coefficient (Wildman–Crippen LogP) is 9.44. The van der Waals surface area contributed by atoms with Crippen molar-refractivity contribution in [2.24, 2.45) is 11.8 Å². The summed E-state index contributed by atoms with van der Waals surface area (Å²) in [5.41, 5.74) is 5.46. The third kappa shape index (κ3) is 4.74. The first-order valence-corrected chi connectivity index (χ1v) is 16.5. The maximum absolute atomic E-state index is 8.37. The Labute approximate surface area is 272 Å². The molecule has 45 heavy (non-hydrogen) atoms. The van der Waals surface area contributed by atoms with Gasteiger partial charge in [-0.05, 0) is 102 Å². The quantitative estimate of drug-likeness (QED) is 0.205. The molecule has 4 atom stereocenters. The number of nitrogens with zero attached hydrogens (tertiary/aromatic N) is 4. The van der Waals surface area contributed by atoms with E-state index in [1.54, 1.807) is 4.90 Å². The van der Waals surface area contributed by atoms with Gasteiger partial charge in [0.1, 0.15) is 17.3 Å². The summed E-state index contributed by atoms with van der Waals surface area (Å²) in [5.74, 6) is 3.39. The Bertz CT molecular complexity index is 2030. The number of para-hydroxylation sites is 1. The van der Waals surface area contributed by atoms with Crippen molar-refractivity contribution >= 4 is 27.5 Å². The number of pyridine rings is 1. The minimum absolute atomic E-state index is 0.00553. The molecule has 0 N–H and O–H groups in total. The van der Waals surface area contributed by atoms with Crippen LogP contribution in [0.15, 0.2) is 79.0 Å². The number of likely N-dealkylation sites (N-methyl/N-ethyl adjacent to an activating group) is 1. The topological polar surface area (TPSA) is 33.5 Å². The van der Waals surface area contributed by atoms with Crippen molar-refractivity contribution < 1.29 is 8.85 Å². The Morgan fingerprint density at radius 1 is 0.756 bits per heavy atom. The van der Waals surface area contributed by atoms with Gasteiger partial charge in [-0.1, -0.05) is 59.7 Å². The van der Waals surface area contributed by atoms with Crippen LogP contribution in [-0.4, -0.2) is 40.2 Å². The standard InChI is InChI=1S/C40H46N4O/c1-39(2,3)27-16-17-41-36(21-27)44-34-11-9-8-10-32(34)33-15-14-30(23-35(33)44)45-31-20-28(40(4,5)6)19-29(22-31)43-24-42(7)37-25-12-13-26(18-25)38(37)43/h8-11,14-17,19-23,25-26,37-38H,12-13,18,24H2,1-7H3/t25?,26-,37?,38+/m1/s1/i7D3. The highest BCUT2D eigenvalue weighted by molar-refractivity contribution is 6.09. The van der Waals surface area contributed by atoms with Crippen molar-refractivity contribution in [3.63, 3.8) is 0 Å². The maximum Gasteiger partial charge on any atom is 0.137 e. The van der Waals surface area contributed by atoms with E-state index in [1.165, 1.54) is 22.9 Å². The summed E-state index contributed by atoms with van der Waals surface area (Å²) in [7, 11) is 0. The Morgan fingerprint density at radius 3 is 2.29 bits per heavy atom. The average molecular weight is 602 g/mol. The Hall–Kier alpha value is -3.83. The first-order valence-electron chi connectivity index (χ1n) is 18.0. The Balaban J connectivity index is 1.22. The third-order valence-corrected chi connectivity index (χ3v) is 10.7. The number of aromatic nitrogens is 2. The lowest BCUT2D eigenvalue weighted by molar-refractivity contribution is 0.227. The molecule has 2 aliphatic carbocycles. The smallest absolute Gasteiger partial charge is 0.137 e. The largest absolute Gasteiger partial charge is 0.457 e. The number of rotatable bonds is 4. The van der Waals surface area contributed by atoms with E-state index >= 15 is 0 Å². The highest BCUT2D eigenvalue weighted by Gasteiger charge is 2.55. The van der Waals surface area contributed by atoms with E-state index in [2.05, 4.69) is 124 Å². The highest BCUT2D eigenvalue weighted by atomic mass is 16.5. The van der Waals surface area contributed by atoms with Gasteiger partial charge in [0, 0.05) is 51.0 Å². The molecule has 2 aromatic heterocycles. The van der Waals surface area contributed by atoms with Crippen LogP contribution in [0, 0.1) is 11.8 Å². The molecule has 5 heteroatoms. The third-order valence-electron chi connectivity index (χ3n) is 10.7. The summed E-state index contributed by atoms with van der Waals surface area (Å²) in [6.07, 6.45) is 5.35. The molecule has 0 radical (unpaired) electrons. The molecule has 2 saturated carbocycles. The lowest BCUT2D eigenvalue weighted by Gasteiger charge is -2.33. The number of anilines is 1. The second-order valence-corrected chi connectivity index (χ2v) is 15.6. The summed E-state index contributed by atoms with van der Waals surface area (Å²) in [4.78, 5) is 9.01. The number of fused-ring (bicyclic) bond motifs is 8. The van der Waals surface area contributed by atoms with E-state index in [4.69, 9.17) is 13.8 Å². The SMILES string of the molecule is [2H]C([2H])([2H])N1CN(c2cc(Oc3ccc4c5ccccc5n(-c5cc(C(C)(C)C)ccn5)c4c3)cc(C(C)(C)C)c2)[C@@H]2C1C1CC[C@@H]2C1. The average Bonchev–Trinajstić information content (AvgIpc) is 3.80. The Kier molecular flexibility index (Phi) is 5.69. The van der Waals surface area contributed by atoms with E-state index in [0.29, 0.717) is 18.5 Å². The summed E-state index contributed by atoms with van der Waals surface area (Å²) < 4.78 is 34.1. The van der Waals surface area contributed by atoms with Crippen LogP contribution >= 0.6 is 0 Å². The molecular formula is C40H46N4O. The van der Waals surface area contributed by atoms with Gasteiger partial charge in [-0.2, -0.15) is 0 Å². The van der Waals surface area contributed by atoms with Crippen molar-refractivity contribution in [1.29, 1.82) is 0 Å². The van der Waals surface area contributed by atoms with Crippen molar-refractivity contribution in [3.8, 4) is 17.3 Å². The zero-order chi connectivity index (χ0) is 33.7. The van der Waals surface area contributed by atoms with E-state index in [0.717, 1.165) is 52.3 Å². The molecule has 1 aliphatic heterocycles. The molecule has 5 aromatic rings. The number of hydrogen-bond acceptors (Lipinski definition) is 4. The van der Waals surface area contributed by atoms with Gasteiger partial charge in [-0.25, -0.2) is 4.98 Å². The molecule has 3 heterocycles. The second kappa shape index (κ2) is 10.1. The van der Waals surface area contributed by atoms with E-state index in [-0.39, 0.29) is 22.9 Å². The Morgan fingerprint density at radius 2 is 1.51 bits per heavy atom. The van der Waals surface area contributed by atoms with Gasteiger partial charge in [-0.15, -0.1) is 0 Å². The van der Waals surface area contributed by atoms with Crippen LogP contribution in [0.5, 0.6) is 11.5 Å².